The first kappa shape index (κ1) is 19.9. The molecule has 1 unspecified atom stereocenters. The van der Waals surface area contributed by atoms with Crippen molar-refractivity contribution in [3.05, 3.63) is 35.4 Å². The number of rotatable bonds is 3. The monoisotopic (exact) mass is 419 g/mol. The molecule has 4 rings (SSSR count). The summed E-state index contributed by atoms with van der Waals surface area (Å²) in [6, 6.07) is -0.301. The smallest absolute Gasteiger partial charge is 0.274 e. The average Bonchev–Trinajstić information content (AvgIpc) is 2.98. The van der Waals surface area contributed by atoms with Gasteiger partial charge in [-0.05, 0) is 19.8 Å². The molecule has 0 N–H and O–H groups in total. The summed E-state index contributed by atoms with van der Waals surface area (Å²) < 4.78 is 28.0. The molecular weight excluding hydrogens is 394 g/mol. The van der Waals surface area contributed by atoms with E-state index in [0.717, 1.165) is 30.8 Å². The van der Waals surface area contributed by atoms with Crippen LogP contribution in [-0.4, -0.2) is 74.2 Å². The number of nitrogens with zero attached hydrogens (tertiary/aromatic N) is 7. The molecule has 2 aromatic rings. The molecule has 0 aliphatic carbocycles. The Kier molecular flexibility index (Phi) is 5.34. The summed E-state index contributed by atoms with van der Waals surface area (Å²) in [6.07, 6.45) is 7.42. The first-order valence-corrected chi connectivity index (χ1v) is 11.7. The van der Waals surface area contributed by atoms with E-state index in [-0.39, 0.29) is 11.9 Å². The van der Waals surface area contributed by atoms with Crippen molar-refractivity contribution in [1.29, 1.82) is 0 Å². The van der Waals surface area contributed by atoms with Crippen LogP contribution in [0.3, 0.4) is 0 Å². The highest BCUT2D eigenvalue weighted by Gasteiger charge is 2.35. The SMILES string of the molecule is Cc1cnc(C(=O)N2CCc3nnc(C4CCCCN4S(C)(=O)=O)n3CC2)cn1. The molecule has 29 heavy (non-hydrogen) atoms. The number of amides is 1. The molecule has 1 saturated heterocycles. The van der Waals surface area contributed by atoms with Crippen LogP contribution in [0.1, 0.15) is 53.1 Å². The third-order valence-electron chi connectivity index (χ3n) is 5.52. The number of piperidine rings is 1. The highest BCUT2D eigenvalue weighted by Crippen LogP contribution is 2.32. The second-order valence-electron chi connectivity index (χ2n) is 7.60. The second kappa shape index (κ2) is 7.79. The largest absolute Gasteiger partial charge is 0.335 e. The van der Waals surface area contributed by atoms with Crippen molar-refractivity contribution in [3.63, 3.8) is 0 Å². The molecule has 1 atom stereocenters. The van der Waals surface area contributed by atoms with Crippen molar-refractivity contribution < 1.29 is 13.2 Å². The lowest BCUT2D eigenvalue weighted by molar-refractivity contribution is 0.0752. The van der Waals surface area contributed by atoms with E-state index < -0.39 is 10.0 Å². The molecule has 0 bridgehead atoms. The number of sulfonamides is 1. The molecule has 1 amide bonds. The Labute approximate surface area is 170 Å². The van der Waals surface area contributed by atoms with Crippen molar-refractivity contribution in [2.24, 2.45) is 0 Å². The minimum absolute atomic E-state index is 0.159. The number of carbonyl (C=O) groups excluding carboxylic acids is 1. The maximum absolute atomic E-state index is 12.8. The molecule has 156 valence electrons. The Morgan fingerprint density at radius 2 is 1.90 bits per heavy atom. The van der Waals surface area contributed by atoms with Crippen LogP contribution >= 0.6 is 0 Å². The number of hydrogen-bond acceptors (Lipinski definition) is 7. The molecule has 1 fully saturated rings. The minimum atomic E-state index is -3.33. The molecule has 10 nitrogen and oxygen atoms in total. The Morgan fingerprint density at radius 1 is 1.07 bits per heavy atom. The zero-order chi connectivity index (χ0) is 20.6. The van der Waals surface area contributed by atoms with E-state index in [2.05, 4.69) is 20.2 Å². The molecule has 0 radical (unpaired) electrons. The van der Waals surface area contributed by atoms with Crippen molar-refractivity contribution in [1.82, 2.24) is 33.9 Å². The van der Waals surface area contributed by atoms with Gasteiger partial charge in [0.25, 0.3) is 5.91 Å². The van der Waals surface area contributed by atoms with Crippen molar-refractivity contribution in [3.8, 4) is 0 Å². The lowest BCUT2D eigenvalue weighted by atomic mass is 10.0. The Bertz CT molecular complexity index is 1000. The van der Waals surface area contributed by atoms with Gasteiger partial charge in [0.15, 0.2) is 5.82 Å². The van der Waals surface area contributed by atoms with Crippen LogP contribution in [-0.2, 0) is 23.0 Å². The van der Waals surface area contributed by atoms with Crippen LogP contribution in [0.5, 0.6) is 0 Å². The van der Waals surface area contributed by atoms with Crippen LogP contribution in [0.15, 0.2) is 12.4 Å². The van der Waals surface area contributed by atoms with Crippen molar-refractivity contribution in [2.75, 3.05) is 25.9 Å². The minimum Gasteiger partial charge on any atom is -0.335 e. The summed E-state index contributed by atoms with van der Waals surface area (Å²) in [5.74, 6) is 1.30. The van der Waals surface area contributed by atoms with Gasteiger partial charge in [0, 0.05) is 38.8 Å². The van der Waals surface area contributed by atoms with Crippen LogP contribution < -0.4 is 0 Å². The highest BCUT2D eigenvalue weighted by atomic mass is 32.2. The maximum atomic E-state index is 12.8. The van der Waals surface area contributed by atoms with Gasteiger partial charge >= 0.3 is 0 Å². The second-order valence-corrected chi connectivity index (χ2v) is 9.53. The molecule has 2 aliphatic heterocycles. The van der Waals surface area contributed by atoms with E-state index in [9.17, 15) is 13.2 Å². The molecule has 2 aromatic heterocycles. The molecule has 0 aromatic carbocycles. The quantitative estimate of drug-likeness (QED) is 0.714. The van der Waals surface area contributed by atoms with Crippen molar-refractivity contribution in [2.45, 2.75) is 45.2 Å². The predicted octanol–water partition coefficient (Wildman–Crippen LogP) is 0.562. The fourth-order valence-corrected chi connectivity index (χ4v) is 5.14. The van der Waals surface area contributed by atoms with E-state index in [1.807, 2.05) is 11.5 Å². The molecule has 2 aliphatic rings. The van der Waals surface area contributed by atoms with E-state index in [4.69, 9.17) is 0 Å². The lowest BCUT2D eigenvalue weighted by Crippen LogP contribution is -2.39. The standard InChI is InChI=1S/C18H25N7O3S/c1-13-11-20-14(12-19-13)18(26)23-8-6-16-21-22-17(24(16)10-9-23)15-5-3-4-7-25(15)29(2,27)28/h11-12,15H,3-10H2,1-2H3. The number of aromatic nitrogens is 5. The van der Waals surface area contributed by atoms with E-state index in [0.29, 0.717) is 44.1 Å². The molecule has 4 heterocycles. The average molecular weight is 420 g/mol. The topological polar surface area (TPSA) is 114 Å². The molecule has 0 saturated carbocycles. The summed E-state index contributed by atoms with van der Waals surface area (Å²) in [5.41, 5.74) is 1.08. The fraction of sp³-hybridized carbons (Fsp3) is 0.611. The third-order valence-corrected chi connectivity index (χ3v) is 6.81. The van der Waals surface area contributed by atoms with E-state index >= 15 is 0 Å². The Morgan fingerprint density at radius 3 is 2.62 bits per heavy atom. The summed E-state index contributed by atoms with van der Waals surface area (Å²) in [7, 11) is -3.33. The number of fused-ring (bicyclic) bond motifs is 1. The normalized spacial score (nSPS) is 20.9. The number of carbonyl (C=O) groups is 1. The van der Waals surface area contributed by atoms with Crippen molar-refractivity contribution >= 4 is 15.9 Å². The van der Waals surface area contributed by atoms with Gasteiger partial charge in [0.2, 0.25) is 10.0 Å². The summed E-state index contributed by atoms with van der Waals surface area (Å²) in [5, 5.41) is 8.66. The lowest BCUT2D eigenvalue weighted by Gasteiger charge is -2.33. The number of hydrogen-bond donors (Lipinski definition) is 0. The third kappa shape index (κ3) is 4.01. The predicted molar refractivity (Wildman–Crippen MR) is 105 cm³/mol. The van der Waals surface area contributed by atoms with Crippen LogP contribution in [0.25, 0.3) is 0 Å². The summed E-state index contributed by atoms with van der Waals surface area (Å²) in [4.78, 5) is 22.9. The molecule has 11 heteroatoms. The van der Waals surface area contributed by atoms with E-state index in [1.165, 1.54) is 16.8 Å². The zero-order valence-corrected chi connectivity index (χ0v) is 17.5. The fourth-order valence-electron chi connectivity index (χ4n) is 4.02. The van der Waals surface area contributed by atoms with Gasteiger partial charge in [0.05, 0.1) is 24.2 Å². The summed E-state index contributed by atoms with van der Waals surface area (Å²) >= 11 is 0. The van der Waals surface area contributed by atoms with E-state index in [1.54, 1.807) is 11.1 Å². The van der Waals surface area contributed by atoms with Gasteiger partial charge < -0.3 is 9.47 Å². The van der Waals surface area contributed by atoms with Gasteiger partial charge in [0.1, 0.15) is 11.5 Å². The highest BCUT2D eigenvalue weighted by molar-refractivity contribution is 7.88. The van der Waals surface area contributed by atoms with Gasteiger partial charge in [-0.3, -0.25) is 9.78 Å². The van der Waals surface area contributed by atoms with Gasteiger partial charge in [-0.2, -0.15) is 4.31 Å². The maximum Gasteiger partial charge on any atom is 0.274 e. The first-order valence-electron chi connectivity index (χ1n) is 9.81. The Hall–Kier alpha value is -2.40. The van der Waals surface area contributed by atoms with Crippen LogP contribution in [0, 0.1) is 6.92 Å². The van der Waals surface area contributed by atoms with Gasteiger partial charge in [-0.25, -0.2) is 13.4 Å². The first-order chi connectivity index (χ1) is 13.8. The number of aryl methyl sites for hydroxylation is 1. The van der Waals surface area contributed by atoms with Gasteiger partial charge in [-0.15, -0.1) is 10.2 Å². The summed E-state index contributed by atoms with van der Waals surface area (Å²) in [6.45, 7) is 3.84. The molecule has 0 spiro atoms. The molecular formula is C18H25N7O3S. The Balaban J connectivity index is 1.55. The zero-order valence-electron chi connectivity index (χ0n) is 16.7. The van der Waals surface area contributed by atoms with Gasteiger partial charge in [-0.1, -0.05) is 6.42 Å². The van der Waals surface area contributed by atoms with Crippen LogP contribution in [0.4, 0.5) is 0 Å². The van der Waals surface area contributed by atoms with Crippen LogP contribution in [0.2, 0.25) is 0 Å².